The van der Waals surface area contributed by atoms with Crippen molar-refractivity contribution in [2.45, 2.75) is 18.7 Å². The second kappa shape index (κ2) is 5.36. The fourth-order valence-corrected chi connectivity index (χ4v) is 3.44. The first kappa shape index (κ1) is 13.8. The quantitative estimate of drug-likeness (QED) is 0.923. The fraction of sp³-hybridized carbons (Fsp3) is 0.400. The maximum atomic E-state index is 11.9. The molecule has 90 valence electrons. The lowest BCUT2D eigenvalue weighted by Gasteiger charge is -2.11. The van der Waals surface area contributed by atoms with Crippen LogP contribution in [0.5, 0.6) is 0 Å². The lowest BCUT2D eigenvalue weighted by atomic mass is 10.2. The van der Waals surface area contributed by atoms with Crippen LogP contribution in [0.2, 0.25) is 10.0 Å². The molecule has 1 rings (SSSR count). The van der Waals surface area contributed by atoms with E-state index in [1.807, 2.05) is 13.8 Å². The Hall–Kier alpha value is -0.290. The monoisotopic (exact) mass is 281 g/mol. The van der Waals surface area contributed by atoms with Gasteiger partial charge in [-0.1, -0.05) is 43.1 Å². The van der Waals surface area contributed by atoms with Gasteiger partial charge in [0.25, 0.3) is 0 Å². The summed E-state index contributed by atoms with van der Waals surface area (Å²) in [5.74, 6) is 0.219. The van der Waals surface area contributed by atoms with E-state index in [9.17, 15) is 8.42 Å². The Balaban J connectivity index is 3.08. The van der Waals surface area contributed by atoms with E-state index in [4.69, 9.17) is 23.2 Å². The van der Waals surface area contributed by atoms with E-state index in [-0.39, 0.29) is 20.9 Å². The third-order valence-electron chi connectivity index (χ3n) is 1.87. The Morgan fingerprint density at radius 1 is 1.25 bits per heavy atom. The average molecular weight is 282 g/mol. The number of hydrogen-bond donors (Lipinski definition) is 1. The van der Waals surface area contributed by atoms with Gasteiger partial charge in [-0.05, 0) is 18.1 Å². The summed E-state index contributed by atoms with van der Waals surface area (Å²) >= 11 is 11.7. The van der Waals surface area contributed by atoms with Crippen LogP contribution in [0.15, 0.2) is 23.1 Å². The van der Waals surface area contributed by atoms with Gasteiger partial charge in [0.1, 0.15) is 4.90 Å². The minimum absolute atomic E-state index is 0.0565. The Kier molecular flexibility index (Phi) is 4.62. The highest BCUT2D eigenvalue weighted by Gasteiger charge is 2.21. The van der Waals surface area contributed by atoms with Crippen molar-refractivity contribution in [1.29, 1.82) is 0 Å². The third kappa shape index (κ3) is 3.35. The van der Waals surface area contributed by atoms with Crippen LogP contribution in [0.3, 0.4) is 0 Å². The molecule has 0 saturated heterocycles. The molecule has 0 heterocycles. The molecule has 0 aliphatic heterocycles. The van der Waals surface area contributed by atoms with Crippen LogP contribution in [-0.4, -0.2) is 15.0 Å². The van der Waals surface area contributed by atoms with Crippen molar-refractivity contribution in [1.82, 2.24) is 4.72 Å². The average Bonchev–Trinajstić information content (AvgIpc) is 2.14. The summed E-state index contributed by atoms with van der Waals surface area (Å²) in [4.78, 5) is -0.0565. The van der Waals surface area contributed by atoms with Gasteiger partial charge in [-0.15, -0.1) is 0 Å². The van der Waals surface area contributed by atoms with Gasteiger partial charge in [0, 0.05) is 6.54 Å². The van der Waals surface area contributed by atoms with Crippen molar-refractivity contribution in [3.05, 3.63) is 28.2 Å². The van der Waals surface area contributed by atoms with Gasteiger partial charge in [-0.2, -0.15) is 0 Å². The van der Waals surface area contributed by atoms with E-state index in [0.717, 1.165) is 0 Å². The van der Waals surface area contributed by atoms with Gasteiger partial charge in [0.2, 0.25) is 10.0 Å². The molecule has 0 spiro atoms. The van der Waals surface area contributed by atoms with Crippen LogP contribution in [-0.2, 0) is 10.0 Å². The normalized spacial score (nSPS) is 12.1. The number of sulfonamides is 1. The van der Waals surface area contributed by atoms with Crippen LogP contribution in [0, 0.1) is 5.92 Å². The Morgan fingerprint density at radius 2 is 1.75 bits per heavy atom. The highest BCUT2D eigenvalue weighted by atomic mass is 35.5. The number of nitrogens with one attached hydrogen (secondary N) is 1. The van der Waals surface area contributed by atoms with E-state index in [1.165, 1.54) is 12.1 Å². The van der Waals surface area contributed by atoms with Crippen LogP contribution in [0.4, 0.5) is 0 Å². The minimum atomic E-state index is -3.63. The van der Waals surface area contributed by atoms with Crippen LogP contribution >= 0.6 is 23.2 Å². The molecule has 0 amide bonds. The predicted molar refractivity (Wildman–Crippen MR) is 66.5 cm³/mol. The maximum absolute atomic E-state index is 11.9. The number of rotatable bonds is 4. The number of hydrogen-bond acceptors (Lipinski definition) is 2. The fourth-order valence-electron chi connectivity index (χ4n) is 1.09. The van der Waals surface area contributed by atoms with Crippen LogP contribution < -0.4 is 4.72 Å². The molecule has 0 aliphatic rings. The molecule has 0 unspecified atom stereocenters. The molecule has 0 saturated carbocycles. The zero-order valence-corrected chi connectivity index (χ0v) is 11.3. The highest BCUT2D eigenvalue weighted by Crippen LogP contribution is 2.28. The summed E-state index contributed by atoms with van der Waals surface area (Å²) < 4.78 is 26.3. The van der Waals surface area contributed by atoms with Gasteiger partial charge in [0.05, 0.1) is 10.0 Å². The van der Waals surface area contributed by atoms with E-state index in [2.05, 4.69) is 4.72 Å². The molecular weight excluding hydrogens is 269 g/mol. The van der Waals surface area contributed by atoms with Gasteiger partial charge >= 0.3 is 0 Å². The molecule has 3 nitrogen and oxygen atoms in total. The molecular formula is C10H13Cl2NO2S. The predicted octanol–water partition coefficient (Wildman–Crippen LogP) is 2.93. The first-order chi connectivity index (χ1) is 7.34. The SMILES string of the molecule is CC(C)CNS(=O)(=O)c1c(Cl)cccc1Cl. The van der Waals surface area contributed by atoms with Crippen molar-refractivity contribution >= 4 is 33.2 Å². The largest absolute Gasteiger partial charge is 0.243 e. The first-order valence-corrected chi connectivity index (χ1v) is 7.02. The maximum Gasteiger partial charge on any atom is 0.243 e. The zero-order valence-electron chi connectivity index (χ0n) is 9.00. The van der Waals surface area contributed by atoms with E-state index < -0.39 is 10.0 Å². The van der Waals surface area contributed by atoms with Crippen molar-refractivity contribution in [2.24, 2.45) is 5.92 Å². The lowest BCUT2D eigenvalue weighted by molar-refractivity contribution is 0.560. The van der Waals surface area contributed by atoms with Crippen molar-refractivity contribution in [3.8, 4) is 0 Å². The highest BCUT2D eigenvalue weighted by molar-refractivity contribution is 7.89. The summed E-state index contributed by atoms with van der Waals surface area (Å²) in [6, 6.07) is 4.60. The molecule has 0 aromatic heterocycles. The van der Waals surface area contributed by atoms with Gasteiger partial charge < -0.3 is 0 Å². The summed E-state index contributed by atoms with van der Waals surface area (Å²) in [6.45, 7) is 4.18. The van der Waals surface area contributed by atoms with Crippen molar-refractivity contribution in [3.63, 3.8) is 0 Å². The van der Waals surface area contributed by atoms with Crippen LogP contribution in [0.25, 0.3) is 0 Å². The number of halogens is 2. The zero-order chi connectivity index (χ0) is 12.3. The van der Waals surface area contributed by atoms with Crippen molar-refractivity contribution < 1.29 is 8.42 Å². The Bertz CT molecular complexity index is 451. The second-order valence-electron chi connectivity index (χ2n) is 3.80. The number of benzene rings is 1. The van der Waals surface area contributed by atoms with Gasteiger partial charge in [0.15, 0.2) is 0 Å². The molecule has 0 aliphatic carbocycles. The molecule has 0 radical (unpaired) electrons. The van der Waals surface area contributed by atoms with Gasteiger partial charge in [-0.3, -0.25) is 0 Å². The van der Waals surface area contributed by atoms with E-state index in [1.54, 1.807) is 6.07 Å². The molecule has 1 N–H and O–H groups in total. The summed E-state index contributed by atoms with van der Waals surface area (Å²) in [6.07, 6.45) is 0. The first-order valence-electron chi connectivity index (χ1n) is 4.78. The smallest absolute Gasteiger partial charge is 0.211 e. The van der Waals surface area contributed by atoms with Gasteiger partial charge in [-0.25, -0.2) is 13.1 Å². The lowest BCUT2D eigenvalue weighted by Crippen LogP contribution is -2.28. The Morgan fingerprint density at radius 3 is 2.19 bits per heavy atom. The van der Waals surface area contributed by atoms with Crippen molar-refractivity contribution in [2.75, 3.05) is 6.54 Å². The minimum Gasteiger partial charge on any atom is -0.211 e. The molecule has 16 heavy (non-hydrogen) atoms. The third-order valence-corrected chi connectivity index (χ3v) is 4.25. The summed E-state index contributed by atoms with van der Waals surface area (Å²) in [5.41, 5.74) is 0. The van der Waals surface area contributed by atoms with E-state index >= 15 is 0 Å². The molecule has 0 bridgehead atoms. The Labute approximate surface area is 106 Å². The standard InChI is InChI=1S/C10H13Cl2NO2S/c1-7(2)6-13-16(14,15)10-8(11)4-3-5-9(10)12/h3-5,7,13H,6H2,1-2H3. The summed E-state index contributed by atoms with van der Waals surface area (Å²) in [7, 11) is -3.63. The molecule has 0 atom stereocenters. The molecule has 1 aromatic carbocycles. The molecule has 6 heteroatoms. The molecule has 1 aromatic rings. The van der Waals surface area contributed by atoms with Crippen LogP contribution in [0.1, 0.15) is 13.8 Å². The van der Waals surface area contributed by atoms with E-state index in [0.29, 0.717) is 6.54 Å². The molecule has 0 fully saturated rings. The summed E-state index contributed by atoms with van der Waals surface area (Å²) in [5, 5.41) is 0.257. The second-order valence-corrected chi connectivity index (χ2v) is 6.31. The topological polar surface area (TPSA) is 46.2 Å².